The number of carbonyl (C=O) groups is 1. The Morgan fingerprint density at radius 3 is 2.83 bits per heavy atom. The molecule has 29 heavy (non-hydrogen) atoms. The van der Waals surface area contributed by atoms with Crippen molar-refractivity contribution in [1.82, 2.24) is 0 Å². The lowest BCUT2D eigenvalue weighted by Gasteiger charge is -2.09. The summed E-state index contributed by atoms with van der Waals surface area (Å²) in [6.45, 7) is 0.369. The number of hydrogen-bond donors (Lipinski definition) is 1. The zero-order valence-corrected chi connectivity index (χ0v) is 18.1. The van der Waals surface area contributed by atoms with E-state index in [0.29, 0.717) is 22.7 Å². The van der Waals surface area contributed by atoms with E-state index in [0.717, 1.165) is 47.0 Å². The molecule has 0 fully saturated rings. The van der Waals surface area contributed by atoms with E-state index in [-0.39, 0.29) is 5.91 Å². The van der Waals surface area contributed by atoms with Gasteiger partial charge in [-0.3, -0.25) is 4.79 Å². The quantitative estimate of drug-likeness (QED) is 0.494. The summed E-state index contributed by atoms with van der Waals surface area (Å²) in [5.41, 5.74) is 3.21. The minimum atomic E-state index is -0.204. The number of ether oxygens (including phenoxy) is 1. The fourth-order valence-corrected chi connectivity index (χ4v) is 5.09. The molecule has 0 radical (unpaired) electrons. The molecule has 1 aliphatic carbocycles. The molecular weight excluding hydrogens is 448 g/mol. The van der Waals surface area contributed by atoms with Crippen LogP contribution in [0.25, 0.3) is 0 Å². The van der Waals surface area contributed by atoms with Crippen molar-refractivity contribution in [2.45, 2.75) is 32.3 Å². The van der Waals surface area contributed by atoms with Gasteiger partial charge in [-0.1, -0.05) is 34.1 Å². The number of halogens is 1. The molecule has 1 amide bonds. The van der Waals surface area contributed by atoms with Gasteiger partial charge in [0.2, 0.25) is 0 Å². The van der Waals surface area contributed by atoms with Crippen molar-refractivity contribution in [1.29, 1.82) is 5.26 Å². The topological polar surface area (TPSA) is 62.1 Å². The number of nitrogens with one attached hydrogen (secondary N) is 1. The summed E-state index contributed by atoms with van der Waals surface area (Å²) in [5.74, 6) is 0.557. The van der Waals surface area contributed by atoms with Crippen molar-refractivity contribution >= 4 is 38.2 Å². The molecule has 2 aromatic carbocycles. The number of carbonyl (C=O) groups excluding carboxylic acids is 1. The van der Waals surface area contributed by atoms with Gasteiger partial charge in [-0.05, 0) is 67.1 Å². The van der Waals surface area contributed by atoms with Crippen molar-refractivity contribution in [3.05, 3.63) is 80.1 Å². The Hall–Kier alpha value is -2.62. The average molecular weight is 467 g/mol. The molecule has 1 N–H and O–H groups in total. The van der Waals surface area contributed by atoms with Gasteiger partial charge in [0, 0.05) is 14.9 Å². The molecule has 0 unspecified atom stereocenters. The monoisotopic (exact) mass is 466 g/mol. The second-order valence-electron chi connectivity index (χ2n) is 6.93. The molecular formula is C23H19BrN2O2S. The van der Waals surface area contributed by atoms with Crippen LogP contribution in [0.5, 0.6) is 5.75 Å². The van der Waals surface area contributed by atoms with Crippen LogP contribution < -0.4 is 10.1 Å². The van der Waals surface area contributed by atoms with E-state index in [1.807, 2.05) is 42.5 Å². The zero-order valence-electron chi connectivity index (χ0n) is 15.7. The number of nitriles is 1. The molecule has 4 rings (SSSR count). The number of rotatable bonds is 5. The minimum Gasteiger partial charge on any atom is -0.489 e. The van der Waals surface area contributed by atoms with Gasteiger partial charge in [-0.2, -0.15) is 5.26 Å². The normalized spacial score (nSPS) is 12.7. The molecule has 6 heteroatoms. The van der Waals surface area contributed by atoms with Gasteiger partial charge < -0.3 is 10.1 Å². The Labute approximate surface area is 182 Å². The third-order valence-corrected chi connectivity index (χ3v) is 6.60. The van der Waals surface area contributed by atoms with Crippen LogP contribution in [0.15, 0.2) is 53.0 Å². The Bertz CT molecular complexity index is 1100. The van der Waals surface area contributed by atoms with Crippen molar-refractivity contribution in [2.24, 2.45) is 0 Å². The first-order chi connectivity index (χ1) is 14.1. The Morgan fingerprint density at radius 2 is 2.00 bits per heavy atom. The molecule has 0 aliphatic heterocycles. The highest BCUT2D eigenvalue weighted by atomic mass is 79.9. The van der Waals surface area contributed by atoms with Gasteiger partial charge in [-0.25, -0.2) is 0 Å². The van der Waals surface area contributed by atoms with Crippen molar-refractivity contribution < 1.29 is 9.53 Å². The highest BCUT2D eigenvalue weighted by molar-refractivity contribution is 9.10. The van der Waals surface area contributed by atoms with Gasteiger partial charge >= 0.3 is 0 Å². The number of thiophene rings is 1. The van der Waals surface area contributed by atoms with Gasteiger partial charge in [0.25, 0.3) is 5.91 Å². The minimum absolute atomic E-state index is 0.204. The number of benzene rings is 2. The first-order valence-corrected chi connectivity index (χ1v) is 11.1. The first kappa shape index (κ1) is 19.7. The second-order valence-corrected chi connectivity index (χ2v) is 8.95. The van der Waals surface area contributed by atoms with Crippen LogP contribution in [0, 0.1) is 11.3 Å². The SMILES string of the molecule is N#Cc1c(NC(=O)c2cccc(COc3cccc(Br)c3)c2)sc2c1CCCC2. The fourth-order valence-electron chi connectivity index (χ4n) is 3.47. The van der Waals surface area contributed by atoms with Crippen LogP contribution in [-0.4, -0.2) is 5.91 Å². The third kappa shape index (κ3) is 4.52. The lowest BCUT2D eigenvalue weighted by molar-refractivity contribution is 0.102. The van der Waals surface area contributed by atoms with Gasteiger partial charge in [0.1, 0.15) is 23.4 Å². The fraction of sp³-hybridized carbons (Fsp3) is 0.217. The lowest BCUT2D eigenvalue weighted by Crippen LogP contribution is -2.12. The Balaban J connectivity index is 1.48. The van der Waals surface area contributed by atoms with Crippen molar-refractivity contribution in [2.75, 3.05) is 5.32 Å². The molecule has 3 aromatic rings. The maximum absolute atomic E-state index is 12.8. The van der Waals surface area contributed by atoms with E-state index in [2.05, 4.69) is 27.3 Å². The molecule has 0 spiro atoms. The number of nitrogens with zero attached hydrogens (tertiary/aromatic N) is 1. The molecule has 0 saturated carbocycles. The lowest BCUT2D eigenvalue weighted by atomic mass is 9.96. The molecule has 146 valence electrons. The van der Waals surface area contributed by atoms with Gasteiger partial charge in [-0.15, -0.1) is 11.3 Å². The molecule has 1 aliphatic rings. The smallest absolute Gasteiger partial charge is 0.256 e. The zero-order chi connectivity index (χ0) is 20.2. The molecule has 0 atom stereocenters. The van der Waals surface area contributed by atoms with Crippen LogP contribution in [0.3, 0.4) is 0 Å². The van der Waals surface area contributed by atoms with Crippen LogP contribution in [-0.2, 0) is 19.4 Å². The molecule has 1 aromatic heterocycles. The van der Waals surface area contributed by atoms with E-state index < -0.39 is 0 Å². The van der Waals surface area contributed by atoms with Crippen LogP contribution >= 0.6 is 27.3 Å². The summed E-state index contributed by atoms with van der Waals surface area (Å²) in [4.78, 5) is 14.0. The molecule has 0 bridgehead atoms. The number of aryl methyl sites for hydroxylation is 1. The van der Waals surface area contributed by atoms with Crippen LogP contribution in [0.2, 0.25) is 0 Å². The number of anilines is 1. The van der Waals surface area contributed by atoms with Gasteiger partial charge in [0.15, 0.2) is 0 Å². The summed E-state index contributed by atoms with van der Waals surface area (Å²) < 4.78 is 6.77. The maximum atomic E-state index is 12.8. The number of amides is 1. The summed E-state index contributed by atoms with van der Waals surface area (Å²) in [5, 5.41) is 13.2. The van der Waals surface area contributed by atoms with Crippen molar-refractivity contribution in [3.63, 3.8) is 0 Å². The molecule has 0 saturated heterocycles. The maximum Gasteiger partial charge on any atom is 0.256 e. The van der Waals surface area contributed by atoms with E-state index in [1.165, 1.54) is 16.2 Å². The predicted molar refractivity (Wildman–Crippen MR) is 119 cm³/mol. The second kappa shape index (κ2) is 8.81. The van der Waals surface area contributed by atoms with E-state index in [4.69, 9.17) is 4.74 Å². The number of hydrogen-bond acceptors (Lipinski definition) is 4. The number of fused-ring (bicyclic) bond motifs is 1. The summed E-state index contributed by atoms with van der Waals surface area (Å²) in [7, 11) is 0. The standard InChI is InChI=1S/C23H19BrN2O2S/c24-17-7-4-8-18(12-17)28-14-15-5-3-6-16(11-15)22(27)26-23-20(13-25)19-9-1-2-10-21(19)29-23/h3-8,11-12H,1-2,9-10,14H2,(H,26,27). The van der Waals surface area contributed by atoms with Gasteiger partial charge in [0.05, 0.1) is 5.56 Å². The largest absolute Gasteiger partial charge is 0.489 e. The summed E-state index contributed by atoms with van der Waals surface area (Å²) >= 11 is 4.97. The Kier molecular flexibility index (Phi) is 5.98. The van der Waals surface area contributed by atoms with E-state index in [1.54, 1.807) is 6.07 Å². The summed E-state index contributed by atoms with van der Waals surface area (Å²) in [6, 6.07) is 17.3. The van der Waals surface area contributed by atoms with Crippen LogP contribution in [0.4, 0.5) is 5.00 Å². The molecule has 4 nitrogen and oxygen atoms in total. The Morgan fingerprint density at radius 1 is 1.17 bits per heavy atom. The summed E-state index contributed by atoms with van der Waals surface area (Å²) in [6.07, 6.45) is 4.16. The van der Waals surface area contributed by atoms with E-state index in [9.17, 15) is 10.1 Å². The first-order valence-electron chi connectivity index (χ1n) is 9.47. The molecule has 1 heterocycles. The predicted octanol–water partition coefficient (Wildman–Crippen LogP) is 6.09. The van der Waals surface area contributed by atoms with Crippen molar-refractivity contribution in [3.8, 4) is 11.8 Å². The highest BCUT2D eigenvalue weighted by Crippen LogP contribution is 2.37. The third-order valence-electron chi connectivity index (χ3n) is 4.90. The highest BCUT2D eigenvalue weighted by Gasteiger charge is 2.22. The average Bonchev–Trinajstić information content (AvgIpc) is 3.09. The van der Waals surface area contributed by atoms with E-state index >= 15 is 0 Å². The van der Waals surface area contributed by atoms with Crippen LogP contribution in [0.1, 0.15) is 44.8 Å².